The van der Waals surface area contributed by atoms with Gasteiger partial charge in [0.2, 0.25) is 6.17 Å². The van der Waals surface area contributed by atoms with Crippen molar-refractivity contribution in [2.24, 2.45) is 10.9 Å². The first kappa shape index (κ1) is 23.6. The van der Waals surface area contributed by atoms with Crippen molar-refractivity contribution in [2.45, 2.75) is 38.3 Å². The second-order valence-corrected chi connectivity index (χ2v) is 9.35. The van der Waals surface area contributed by atoms with E-state index in [1.54, 1.807) is 36.2 Å². The summed E-state index contributed by atoms with van der Waals surface area (Å²) in [6, 6.07) is 13.8. The van der Waals surface area contributed by atoms with Gasteiger partial charge >= 0.3 is 6.03 Å². The zero-order valence-corrected chi connectivity index (χ0v) is 20.1. The van der Waals surface area contributed by atoms with Gasteiger partial charge in [0.1, 0.15) is 5.76 Å². The van der Waals surface area contributed by atoms with E-state index in [1.165, 1.54) is 6.42 Å². The first-order valence-electron chi connectivity index (χ1n) is 12.3. The second kappa shape index (κ2) is 9.85. The Morgan fingerprint density at radius 1 is 1.08 bits per heavy atom. The molecule has 3 aliphatic rings. The van der Waals surface area contributed by atoms with E-state index in [0.717, 1.165) is 42.6 Å². The predicted molar refractivity (Wildman–Crippen MR) is 138 cm³/mol. The molecule has 9 nitrogen and oxygen atoms in total. The van der Waals surface area contributed by atoms with Crippen LogP contribution in [0.5, 0.6) is 0 Å². The number of hydrogen-bond acceptors (Lipinski definition) is 5. The molecular formula is C27H29N5O4. The molecule has 4 amide bonds. The van der Waals surface area contributed by atoms with Crippen molar-refractivity contribution in [3.8, 4) is 0 Å². The zero-order valence-electron chi connectivity index (χ0n) is 20.1. The molecule has 0 unspecified atom stereocenters. The number of nitrogens with one attached hydrogen (secondary N) is 3. The molecule has 2 heterocycles. The lowest BCUT2D eigenvalue weighted by Gasteiger charge is -2.25. The second-order valence-electron chi connectivity index (χ2n) is 9.35. The number of nitrogens with zero attached hydrogens (tertiary/aromatic N) is 2. The standard InChI is InChI=1S/C27H29N5O4/c1-32-20-13-6-5-12-19(20)23(16-8-3-2-4-9-16)30-24(26(32)35)31-27(36)29-18-11-7-10-17(14-18)22-21(33)15-28-25(22)34/h5-7,10-14,16,24,33H,2-4,8-9,15H2,1H3,(H,28,34)(H2,29,31,36)/t24-/m0/s1. The third-order valence-corrected chi connectivity index (χ3v) is 6.97. The number of anilines is 2. The number of fused-ring (bicyclic) bond motifs is 1. The van der Waals surface area contributed by atoms with E-state index in [4.69, 9.17) is 4.99 Å². The molecule has 0 spiro atoms. The number of rotatable bonds is 4. The van der Waals surface area contributed by atoms with Crippen LogP contribution in [0.2, 0.25) is 0 Å². The van der Waals surface area contributed by atoms with Gasteiger partial charge in [0.05, 0.1) is 23.5 Å². The van der Waals surface area contributed by atoms with Crippen molar-refractivity contribution in [1.82, 2.24) is 10.6 Å². The average Bonchev–Trinajstić information content (AvgIpc) is 3.19. The first-order valence-corrected chi connectivity index (χ1v) is 12.3. The van der Waals surface area contributed by atoms with Gasteiger partial charge in [-0.05, 0) is 36.6 Å². The minimum absolute atomic E-state index is 0.0437. The van der Waals surface area contributed by atoms with E-state index in [9.17, 15) is 19.5 Å². The summed E-state index contributed by atoms with van der Waals surface area (Å²) in [7, 11) is 1.70. The van der Waals surface area contributed by atoms with Gasteiger partial charge in [-0.25, -0.2) is 4.79 Å². The maximum Gasteiger partial charge on any atom is 0.321 e. The third-order valence-electron chi connectivity index (χ3n) is 6.97. The molecule has 5 rings (SSSR count). The van der Waals surface area contributed by atoms with Crippen LogP contribution in [-0.2, 0) is 9.59 Å². The van der Waals surface area contributed by atoms with E-state index < -0.39 is 12.2 Å². The van der Waals surface area contributed by atoms with E-state index in [1.807, 2.05) is 24.3 Å². The Kier molecular flexibility index (Phi) is 6.45. The fraction of sp³-hybridized carbons (Fsp3) is 0.333. The van der Waals surface area contributed by atoms with Gasteiger partial charge in [-0.3, -0.25) is 14.6 Å². The Bertz CT molecular complexity index is 1280. The van der Waals surface area contributed by atoms with Gasteiger partial charge in [-0.2, -0.15) is 0 Å². The van der Waals surface area contributed by atoms with E-state index >= 15 is 0 Å². The van der Waals surface area contributed by atoms with Crippen molar-refractivity contribution < 1.29 is 19.5 Å². The highest BCUT2D eigenvalue weighted by atomic mass is 16.3. The molecule has 2 aromatic rings. The summed E-state index contributed by atoms with van der Waals surface area (Å²) >= 11 is 0. The Balaban J connectivity index is 1.39. The molecule has 1 aliphatic carbocycles. The summed E-state index contributed by atoms with van der Waals surface area (Å²) in [6.45, 7) is 0.0767. The number of benzodiazepines with no additional fused rings is 1. The number of benzene rings is 2. The summed E-state index contributed by atoms with van der Waals surface area (Å²) in [5, 5.41) is 18.1. The number of amides is 4. The van der Waals surface area contributed by atoms with Crippen LogP contribution < -0.4 is 20.9 Å². The summed E-state index contributed by atoms with van der Waals surface area (Å²) in [5.74, 6) is -0.500. The SMILES string of the molecule is CN1C(=O)[C@H](NC(=O)Nc2cccc(C3=C(O)CNC3=O)c2)N=C(C2CCCCC2)c2ccccc21. The van der Waals surface area contributed by atoms with E-state index in [2.05, 4.69) is 16.0 Å². The van der Waals surface area contributed by atoms with Crippen LogP contribution in [0.15, 0.2) is 59.3 Å². The minimum atomic E-state index is -1.07. The van der Waals surface area contributed by atoms with Gasteiger partial charge in [-0.1, -0.05) is 49.6 Å². The fourth-order valence-corrected chi connectivity index (χ4v) is 5.16. The Labute approximate surface area is 209 Å². The van der Waals surface area contributed by atoms with Gasteiger partial charge in [-0.15, -0.1) is 0 Å². The smallest absolute Gasteiger partial charge is 0.321 e. The van der Waals surface area contributed by atoms with E-state index in [0.29, 0.717) is 11.3 Å². The fourth-order valence-electron chi connectivity index (χ4n) is 5.16. The molecule has 36 heavy (non-hydrogen) atoms. The first-order chi connectivity index (χ1) is 17.4. The number of carbonyl (C=O) groups is 3. The van der Waals surface area contributed by atoms with Crippen LogP contribution in [0.25, 0.3) is 5.57 Å². The summed E-state index contributed by atoms with van der Waals surface area (Å²) < 4.78 is 0. The Morgan fingerprint density at radius 2 is 1.86 bits per heavy atom. The van der Waals surface area contributed by atoms with Crippen LogP contribution >= 0.6 is 0 Å². The largest absolute Gasteiger partial charge is 0.510 e. The molecule has 0 saturated heterocycles. The number of aliphatic imine (C=N–C) groups is 1. The predicted octanol–water partition coefficient (Wildman–Crippen LogP) is 3.58. The van der Waals surface area contributed by atoms with Gasteiger partial charge < -0.3 is 26.0 Å². The summed E-state index contributed by atoms with van der Waals surface area (Å²) in [5.41, 5.74) is 3.66. The van der Waals surface area contributed by atoms with Crippen molar-refractivity contribution in [1.29, 1.82) is 0 Å². The molecule has 2 aliphatic heterocycles. The molecule has 9 heteroatoms. The van der Waals surface area contributed by atoms with Crippen LogP contribution in [0, 0.1) is 5.92 Å². The molecule has 2 aromatic carbocycles. The van der Waals surface area contributed by atoms with Crippen LogP contribution in [-0.4, -0.2) is 48.4 Å². The van der Waals surface area contributed by atoms with Crippen LogP contribution in [0.1, 0.15) is 43.2 Å². The highest BCUT2D eigenvalue weighted by molar-refractivity contribution is 6.22. The lowest BCUT2D eigenvalue weighted by atomic mass is 9.83. The molecule has 1 atom stereocenters. The number of aliphatic hydroxyl groups excluding tert-OH is 1. The van der Waals surface area contributed by atoms with Crippen molar-refractivity contribution in [2.75, 3.05) is 23.8 Å². The number of aliphatic hydroxyl groups is 1. The molecule has 4 N–H and O–H groups in total. The van der Waals surface area contributed by atoms with Crippen LogP contribution in [0.3, 0.4) is 0 Å². The number of likely N-dealkylation sites (N-methyl/N-ethyl adjacent to an activating group) is 1. The van der Waals surface area contributed by atoms with Crippen LogP contribution in [0.4, 0.5) is 16.2 Å². The van der Waals surface area contributed by atoms with Crippen molar-refractivity contribution in [3.63, 3.8) is 0 Å². The third kappa shape index (κ3) is 4.56. The summed E-state index contributed by atoms with van der Waals surface area (Å²) in [4.78, 5) is 44.7. The highest BCUT2D eigenvalue weighted by Gasteiger charge is 2.33. The lowest BCUT2D eigenvalue weighted by molar-refractivity contribution is -0.119. The minimum Gasteiger partial charge on any atom is -0.510 e. The maximum absolute atomic E-state index is 13.3. The molecule has 1 fully saturated rings. The number of para-hydroxylation sites is 1. The molecule has 186 valence electrons. The number of hydrogen-bond donors (Lipinski definition) is 4. The molecule has 0 aromatic heterocycles. The quantitative estimate of drug-likeness (QED) is 0.526. The zero-order chi connectivity index (χ0) is 25.2. The highest BCUT2D eigenvalue weighted by Crippen LogP contribution is 2.33. The van der Waals surface area contributed by atoms with Gasteiger partial charge in [0, 0.05) is 24.2 Å². The number of carbonyl (C=O) groups excluding carboxylic acids is 3. The normalized spacial score (nSPS) is 20.4. The number of urea groups is 1. The molecule has 0 bridgehead atoms. The van der Waals surface area contributed by atoms with Gasteiger partial charge in [0.15, 0.2) is 0 Å². The van der Waals surface area contributed by atoms with E-state index in [-0.39, 0.29) is 35.6 Å². The van der Waals surface area contributed by atoms with Gasteiger partial charge in [0.25, 0.3) is 11.8 Å². The van der Waals surface area contributed by atoms with Crippen molar-refractivity contribution in [3.05, 3.63) is 65.4 Å². The van der Waals surface area contributed by atoms with Crippen molar-refractivity contribution >= 4 is 40.5 Å². The lowest BCUT2D eigenvalue weighted by Crippen LogP contribution is -2.47. The molecule has 1 saturated carbocycles. The maximum atomic E-state index is 13.3. The summed E-state index contributed by atoms with van der Waals surface area (Å²) in [6.07, 6.45) is 4.38. The molecule has 0 radical (unpaired) electrons. The average molecular weight is 488 g/mol. The molecular weight excluding hydrogens is 458 g/mol. The Hall–Kier alpha value is -4.14. The Morgan fingerprint density at radius 3 is 2.61 bits per heavy atom. The topological polar surface area (TPSA) is 123 Å². The monoisotopic (exact) mass is 487 g/mol.